The molecular weight excluding hydrogens is 236 g/mol. The largest absolute Gasteiger partial charge is 0.480 e. The molecule has 6 heteroatoms. The Labute approximate surface area is 107 Å². The van der Waals surface area contributed by atoms with E-state index >= 15 is 0 Å². The van der Waals surface area contributed by atoms with Crippen LogP contribution in [-0.2, 0) is 14.3 Å². The minimum Gasteiger partial charge on any atom is -0.480 e. The van der Waals surface area contributed by atoms with Crippen LogP contribution in [0.1, 0.15) is 26.2 Å². The predicted molar refractivity (Wildman–Crippen MR) is 66.4 cm³/mol. The summed E-state index contributed by atoms with van der Waals surface area (Å²) in [4.78, 5) is 24.9. The molecule has 0 bridgehead atoms. The molecule has 0 aromatic rings. The van der Waals surface area contributed by atoms with Crippen LogP contribution in [0.25, 0.3) is 0 Å². The SMILES string of the molecule is CCC1(C(=O)O)CCCN1CC(=O)NCCOC. The summed E-state index contributed by atoms with van der Waals surface area (Å²) in [6, 6.07) is 0. The third kappa shape index (κ3) is 3.20. The van der Waals surface area contributed by atoms with Gasteiger partial charge in [0.25, 0.3) is 0 Å². The third-order valence-electron chi connectivity index (χ3n) is 3.57. The van der Waals surface area contributed by atoms with E-state index in [1.807, 2.05) is 6.92 Å². The second-order valence-corrected chi connectivity index (χ2v) is 4.56. The predicted octanol–water partition coefficient (Wildman–Crippen LogP) is 0.0782. The van der Waals surface area contributed by atoms with E-state index < -0.39 is 11.5 Å². The molecule has 1 heterocycles. The Kier molecular flexibility index (Phi) is 5.55. The number of hydrogen-bond acceptors (Lipinski definition) is 4. The van der Waals surface area contributed by atoms with Gasteiger partial charge in [-0.15, -0.1) is 0 Å². The lowest BCUT2D eigenvalue weighted by Crippen LogP contribution is -2.53. The summed E-state index contributed by atoms with van der Waals surface area (Å²) in [6.45, 7) is 3.58. The molecule has 6 nitrogen and oxygen atoms in total. The molecular formula is C12H22N2O4. The van der Waals surface area contributed by atoms with Crippen LogP contribution in [0.5, 0.6) is 0 Å². The smallest absolute Gasteiger partial charge is 0.324 e. The molecule has 1 amide bonds. The Morgan fingerprint density at radius 3 is 2.78 bits per heavy atom. The standard InChI is InChI=1S/C12H22N2O4/c1-3-12(11(16)17)5-4-7-14(12)9-10(15)13-6-8-18-2/h3-9H2,1-2H3,(H,13,15)(H,16,17). The number of carbonyl (C=O) groups is 2. The Hall–Kier alpha value is -1.14. The van der Waals surface area contributed by atoms with Gasteiger partial charge in [-0.3, -0.25) is 14.5 Å². The third-order valence-corrected chi connectivity index (χ3v) is 3.57. The maximum Gasteiger partial charge on any atom is 0.324 e. The van der Waals surface area contributed by atoms with Gasteiger partial charge in [0.05, 0.1) is 13.2 Å². The first-order valence-corrected chi connectivity index (χ1v) is 6.31. The van der Waals surface area contributed by atoms with Crippen molar-refractivity contribution in [3.8, 4) is 0 Å². The maximum atomic E-state index is 11.7. The molecule has 2 N–H and O–H groups in total. The van der Waals surface area contributed by atoms with E-state index in [0.717, 1.165) is 6.42 Å². The van der Waals surface area contributed by atoms with E-state index in [-0.39, 0.29) is 12.5 Å². The van der Waals surface area contributed by atoms with Crippen molar-refractivity contribution >= 4 is 11.9 Å². The Balaban J connectivity index is 2.54. The topological polar surface area (TPSA) is 78.9 Å². The average molecular weight is 258 g/mol. The average Bonchev–Trinajstić information content (AvgIpc) is 2.73. The van der Waals surface area contributed by atoms with Gasteiger partial charge in [-0.2, -0.15) is 0 Å². The fourth-order valence-corrected chi connectivity index (χ4v) is 2.48. The quantitative estimate of drug-likeness (QED) is 0.632. The molecule has 1 aliphatic rings. The van der Waals surface area contributed by atoms with Crippen molar-refractivity contribution in [2.75, 3.05) is 33.4 Å². The lowest BCUT2D eigenvalue weighted by Gasteiger charge is -2.33. The van der Waals surface area contributed by atoms with Gasteiger partial charge in [0, 0.05) is 13.7 Å². The normalized spacial score (nSPS) is 24.1. The number of rotatable bonds is 7. The highest BCUT2D eigenvalue weighted by Gasteiger charge is 2.46. The molecule has 0 radical (unpaired) electrons. The summed E-state index contributed by atoms with van der Waals surface area (Å²) in [7, 11) is 1.57. The molecule has 0 spiro atoms. The molecule has 1 rings (SSSR count). The van der Waals surface area contributed by atoms with Crippen molar-refractivity contribution in [2.24, 2.45) is 0 Å². The number of amides is 1. The molecule has 104 valence electrons. The molecule has 0 aliphatic carbocycles. The highest BCUT2D eigenvalue weighted by molar-refractivity contribution is 5.82. The van der Waals surface area contributed by atoms with Crippen LogP contribution in [0.3, 0.4) is 0 Å². The highest BCUT2D eigenvalue weighted by atomic mass is 16.5. The van der Waals surface area contributed by atoms with Gasteiger partial charge in [-0.05, 0) is 25.8 Å². The summed E-state index contributed by atoms with van der Waals surface area (Å²) in [5, 5.41) is 12.1. The molecule has 1 saturated heterocycles. The molecule has 18 heavy (non-hydrogen) atoms. The first kappa shape index (κ1) is 14.9. The molecule has 0 saturated carbocycles. The van der Waals surface area contributed by atoms with E-state index in [2.05, 4.69) is 5.32 Å². The van der Waals surface area contributed by atoms with Crippen molar-refractivity contribution in [2.45, 2.75) is 31.7 Å². The molecule has 1 fully saturated rings. The van der Waals surface area contributed by atoms with Crippen LogP contribution >= 0.6 is 0 Å². The first-order chi connectivity index (χ1) is 8.56. The summed E-state index contributed by atoms with van der Waals surface area (Å²) in [5.74, 6) is -0.972. The number of carboxylic acids is 1. The number of ether oxygens (including phenoxy) is 1. The zero-order valence-corrected chi connectivity index (χ0v) is 11.1. The number of carboxylic acid groups (broad SMARTS) is 1. The Morgan fingerprint density at radius 1 is 1.50 bits per heavy atom. The zero-order valence-electron chi connectivity index (χ0n) is 11.1. The summed E-state index contributed by atoms with van der Waals surface area (Å²) in [5.41, 5.74) is -0.863. The number of methoxy groups -OCH3 is 1. The second-order valence-electron chi connectivity index (χ2n) is 4.56. The Morgan fingerprint density at radius 2 is 2.22 bits per heavy atom. The van der Waals surface area contributed by atoms with E-state index in [1.165, 1.54) is 0 Å². The molecule has 0 aromatic carbocycles. The van der Waals surface area contributed by atoms with Gasteiger partial charge in [-0.1, -0.05) is 6.92 Å². The fourth-order valence-electron chi connectivity index (χ4n) is 2.48. The molecule has 1 unspecified atom stereocenters. The summed E-state index contributed by atoms with van der Waals surface area (Å²) in [6.07, 6.45) is 1.96. The van der Waals surface area contributed by atoms with Crippen molar-refractivity contribution in [3.05, 3.63) is 0 Å². The van der Waals surface area contributed by atoms with Crippen LogP contribution in [-0.4, -0.2) is 60.8 Å². The van der Waals surface area contributed by atoms with Gasteiger partial charge < -0.3 is 15.2 Å². The number of likely N-dealkylation sites (tertiary alicyclic amines) is 1. The van der Waals surface area contributed by atoms with E-state index in [1.54, 1.807) is 12.0 Å². The monoisotopic (exact) mass is 258 g/mol. The van der Waals surface area contributed by atoms with Crippen LogP contribution in [0.15, 0.2) is 0 Å². The van der Waals surface area contributed by atoms with Crippen molar-refractivity contribution in [3.63, 3.8) is 0 Å². The van der Waals surface area contributed by atoms with E-state index in [9.17, 15) is 14.7 Å². The minimum atomic E-state index is -0.863. The number of aliphatic carboxylic acids is 1. The lowest BCUT2D eigenvalue weighted by atomic mass is 9.93. The van der Waals surface area contributed by atoms with Crippen molar-refractivity contribution in [1.29, 1.82) is 0 Å². The van der Waals surface area contributed by atoms with Crippen LogP contribution in [0, 0.1) is 0 Å². The van der Waals surface area contributed by atoms with Crippen LogP contribution < -0.4 is 5.32 Å². The Bertz CT molecular complexity index is 308. The zero-order chi connectivity index (χ0) is 13.6. The van der Waals surface area contributed by atoms with Gasteiger partial charge in [0.2, 0.25) is 5.91 Å². The van der Waals surface area contributed by atoms with Crippen molar-refractivity contribution in [1.82, 2.24) is 10.2 Å². The fraction of sp³-hybridized carbons (Fsp3) is 0.833. The van der Waals surface area contributed by atoms with Gasteiger partial charge in [-0.25, -0.2) is 0 Å². The number of carbonyl (C=O) groups excluding carboxylic acids is 1. The van der Waals surface area contributed by atoms with Crippen LogP contribution in [0.2, 0.25) is 0 Å². The lowest BCUT2D eigenvalue weighted by molar-refractivity contribution is -0.150. The summed E-state index contributed by atoms with van der Waals surface area (Å²) >= 11 is 0. The number of nitrogens with zero attached hydrogens (tertiary/aromatic N) is 1. The van der Waals surface area contributed by atoms with Gasteiger partial charge in [0.1, 0.15) is 5.54 Å². The van der Waals surface area contributed by atoms with E-state index in [0.29, 0.717) is 32.5 Å². The number of hydrogen-bond donors (Lipinski definition) is 2. The molecule has 1 atom stereocenters. The van der Waals surface area contributed by atoms with E-state index in [4.69, 9.17) is 4.74 Å². The molecule has 0 aromatic heterocycles. The molecule has 1 aliphatic heterocycles. The van der Waals surface area contributed by atoms with Gasteiger partial charge >= 0.3 is 5.97 Å². The minimum absolute atomic E-state index is 0.143. The first-order valence-electron chi connectivity index (χ1n) is 6.31. The van der Waals surface area contributed by atoms with Gasteiger partial charge in [0.15, 0.2) is 0 Å². The maximum absolute atomic E-state index is 11.7. The van der Waals surface area contributed by atoms with Crippen LogP contribution in [0.4, 0.5) is 0 Å². The van der Waals surface area contributed by atoms with Crippen molar-refractivity contribution < 1.29 is 19.4 Å². The second kappa shape index (κ2) is 6.70. The highest BCUT2D eigenvalue weighted by Crippen LogP contribution is 2.32. The number of nitrogens with one attached hydrogen (secondary N) is 1. The summed E-state index contributed by atoms with van der Waals surface area (Å²) < 4.78 is 4.84.